The Morgan fingerprint density at radius 1 is 1.29 bits per heavy atom. The molecule has 1 unspecified atom stereocenters. The molecule has 1 aromatic rings. The van der Waals surface area contributed by atoms with Crippen LogP contribution in [0, 0.1) is 0 Å². The van der Waals surface area contributed by atoms with E-state index in [9.17, 15) is 14.4 Å². The zero-order chi connectivity index (χ0) is 15.4. The lowest BCUT2D eigenvalue weighted by atomic mass is 10.1. The smallest absolute Gasteiger partial charge is 0.315 e. The molecular formula is C15H18N2O4. The first-order chi connectivity index (χ1) is 10.1. The molecule has 21 heavy (non-hydrogen) atoms. The van der Waals surface area contributed by atoms with E-state index in [1.807, 2.05) is 6.92 Å². The Balaban J connectivity index is 2.31. The summed E-state index contributed by atoms with van der Waals surface area (Å²) in [5.41, 5.74) is 1.18. The maximum Gasteiger partial charge on any atom is 0.315 e. The molecule has 0 radical (unpaired) electrons. The Bertz CT molecular complexity index is 571. The lowest BCUT2D eigenvalue weighted by Crippen LogP contribution is -2.51. The Morgan fingerprint density at radius 2 is 2.00 bits per heavy atom. The lowest BCUT2D eigenvalue weighted by molar-refractivity contribution is -0.145. The van der Waals surface area contributed by atoms with Crippen LogP contribution in [-0.2, 0) is 19.1 Å². The number of hydrogen-bond donors (Lipinski definition) is 1. The predicted molar refractivity (Wildman–Crippen MR) is 77.9 cm³/mol. The third-order valence-corrected chi connectivity index (χ3v) is 3.29. The number of benzene rings is 1. The molecule has 0 saturated heterocycles. The number of nitrogens with zero attached hydrogens (tertiary/aromatic N) is 1. The number of carbonyl (C=O) groups is 3. The van der Waals surface area contributed by atoms with Crippen LogP contribution in [0.2, 0.25) is 0 Å². The van der Waals surface area contributed by atoms with Gasteiger partial charge in [0.15, 0.2) is 0 Å². The van der Waals surface area contributed by atoms with Crippen LogP contribution in [-0.4, -0.2) is 30.4 Å². The zero-order valence-corrected chi connectivity index (χ0v) is 12.1. The fourth-order valence-corrected chi connectivity index (χ4v) is 2.39. The maximum absolute atomic E-state index is 12.4. The Labute approximate surface area is 123 Å². The van der Waals surface area contributed by atoms with Gasteiger partial charge in [-0.15, -0.1) is 0 Å². The van der Waals surface area contributed by atoms with Gasteiger partial charge in [0.25, 0.3) is 0 Å². The molecule has 1 aromatic carbocycles. The first kappa shape index (κ1) is 15.0. The van der Waals surface area contributed by atoms with Gasteiger partial charge < -0.3 is 10.1 Å². The summed E-state index contributed by atoms with van der Waals surface area (Å²) in [4.78, 5) is 37.4. The van der Waals surface area contributed by atoms with E-state index in [4.69, 9.17) is 4.74 Å². The van der Waals surface area contributed by atoms with Crippen molar-refractivity contribution in [2.24, 2.45) is 0 Å². The highest BCUT2D eigenvalue weighted by atomic mass is 16.5. The third-order valence-electron chi connectivity index (χ3n) is 3.29. The molecular weight excluding hydrogens is 272 g/mol. The Morgan fingerprint density at radius 3 is 2.67 bits per heavy atom. The first-order valence-corrected chi connectivity index (χ1v) is 6.96. The number of fused-ring (bicyclic) bond motifs is 1. The number of rotatable bonds is 4. The fraction of sp³-hybridized carbons (Fsp3) is 0.400. The number of amides is 2. The van der Waals surface area contributed by atoms with Gasteiger partial charge >= 0.3 is 5.97 Å². The van der Waals surface area contributed by atoms with Crippen molar-refractivity contribution in [1.82, 2.24) is 0 Å². The number of hydrogen-bond acceptors (Lipinski definition) is 4. The van der Waals surface area contributed by atoms with E-state index in [2.05, 4.69) is 5.32 Å². The van der Waals surface area contributed by atoms with Crippen molar-refractivity contribution in [1.29, 1.82) is 0 Å². The molecule has 2 rings (SSSR count). The van der Waals surface area contributed by atoms with E-state index in [0.717, 1.165) is 0 Å². The van der Waals surface area contributed by atoms with E-state index in [0.29, 0.717) is 17.8 Å². The molecule has 1 aliphatic heterocycles. The second kappa shape index (κ2) is 6.39. The van der Waals surface area contributed by atoms with E-state index in [1.165, 1.54) is 4.90 Å². The van der Waals surface area contributed by atoms with Gasteiger partial charge in [-0.3, -0.25) is 19.3 Å². The van der Waals surface area contributed by atoms with E-state index in [-0.39, 0.29) is 18.9 Å². The molecule has 1 atom stereocenters. The van der Waals surface area contributed by atoms with Crippen molar-refractivity contribution in [3.8, 4) is 0 Å². The average molecular weight is 290 g/mol. The molecule has 0 aliphatic carbocycles. The number of carbonyl (C=O) groups excluding carboxylic acids is 3. The molecule has 112 valence electrons. The molecule has 0 aromatic heterocycles. The standard InChI is InChI=1S/C15H18N2O4/c1-3-11-15(20)16-10-7-5-6-8-12(10)17(11)13(18)9-14(19)21-4-2/h5-8,11H,3-4,9H2,1-2H3,(H,16,20). The molecule has 1 N–H and O–H groups in total. The molecule has 6 nitrogen and oxygen atoms in total. The van der Waals surface area contributed by atoms with Crippen molar-refractivity contribution in [2.45, 2.75) is 32.7 Å². The van der Waals surface area contributed by atoms with Gasteiger partial charge in [-0.05, 0) is 25.5 Å². The van der Waals surface area contributed by atoms with Crippen molar-refractivity contribution in [2.75, 3.05) is 16.8 Å². The van der Waals surface area contributed by atoms with Crippen molar-refractivity contribution < 1.29 is 19.1 Å². The number of esters is 1. The summed E-state index contributed by atoms with van der Waals surface area (Å²) in [5, 5.41) is 2.78. The van der Waals surface area contributed by atoms with Gasteiger partial charge in [0, 0.05) is 0 Å². The average Bonchev–Trinajstić information content (AvgIpc) is 2.45. The maximum atomic E-state index is 12.4. The summed E-state index contributed by atoms with van der Waals surface area (Å²) >= 11 is 0. The fourth-order valence-electron chi connectivity index (χ4n) is 2.39. The normalized spacial score (nSPS) is 17.0. The van der Waals surface area contributed by atoms with Gasteiger partial charge in [0.05, 0.1) is 18.0 Å². The monoisotopic (exact) mass is 290 g/mol. The van der Waals surface area contributed by atoms with Crippen LogP contribution in [0.25, 0.3) is 0 Å². The summed E-state index contributed by atoms with van der Waals surface area (Å²) in [6, 6.07) is 6.43. The minimum atomic E-state index is -0.609. The third kappa shape index (κ3) is 3.04. The van der Waals surface area contributed by atoms with E-state index < -0.39 is 17.9 Å². The summed E-state index contributed by atoms with van der Waals surface area (Å²) < 4.78 is 4.80. The van der Waals surface area contributed by atoms with Crippen LogP contribution >= 0.6 is 0 Å². The van der Waals surface area contributed by atoms with Crippen LogP contribution in [0.1, 0.15) is 26.7 Å². The first-order valence-electron chi connectivity index (χ1n) is 6.96. The van der Waals surface area contributed by atoms with Crippen LogP contribution in [0.4, 0.5) is 11.4 Å². The molecule has 0 bridgehead atoms. The summed E-state index contributed by atoms with van der Waals surface area (Å²) in [6.07, 6.45) is 0.0979. The molecule has 0 fully saturated rings. The largest absolute Gasteiger partial charge is 0.466 e. The predicted octanol–water partition coefficient (Wildman–Crippen LogP) is 1.70. The van der Waals surface area contributed by atoms with Gasteiger partial charge in [-0.1, -0.05) is 19.1 Å². The van der Waals surface area contributed by atoms with Gasteiger partial charge in [0.2, 0.25) is 11.8 Å². The molecule has 6 heteroatoms. The highest BCUT2D eigenvalue weighted by Crippen LogP contribution is 2.33. The Kier molecular flexibility index (Phi) is 4.57. The van der Waals surface area contributed by atoms with E-state index in [1.54, 1.807) is 31.2 Å². The number of nitrogens with one attached hydrogen (secondary N) is 1. The summed E-state index contributed by atoms with van der Waals surface area (Å²) in [7, 11) is 0. The minimum Gasteiger partial charge on any atom is -0.466 e. The zero-order valence-electron chi connectivity index (χ0n) is 12.1. The second-order valence-corrected chi connectivity index (χ2v) is 4.68. The molecule has 1 heterocycles. The number of ether oxygens (including phenoxy) is 1. The highest BCUT2D eigenvalue weighted by Gasteiger charge is 2.36. The summed E-state index contributed by atoms with van der Waals surface area (Å²) in [5.74, 6) is -1.25. The van der Waals surface area contributed by atoms with Gasteiger partial charge in [-0.2, -0.15) is 0 Å². The Hall–Kier alpha value is -2.37. The molecule has 1 aliphatic rings. The minimum absolute atomic E-state index is 0.223. The quantitative estimate of drug-likeness (QED) is 0.676. The topological polar surface area (TPSA) is 75.7 Å². The van der Waals surface area contributed by atoms with Gasteiger partial charge in [0.1, 0.15) is 12.5 Å². The van der Waals surface area contributed by atoms with Crippen molar-refractivity contribution in [3.63, 3.8) is 0 Å². The van der Waals surface area contributed by atoms with Crippen LogP contribution in [0.15, 0.2) is 24.3 Å². The van der Waals surface area contributed by atoms with Gasteiger partial charge in [-0.25, -0.2) is 0 Å². The molecule has 0 spiro atoms. The SMILES string of the molecule is CCOC(=O)CC(=O)N1c2ccccc2NC(=O)C1CC. The van der Waals surface area contributed by atoms with Crippen LogP contribution in [0.5, 0.6) is 0 Å². The van der Waals surface area contributed by atoms with Crippen LogP contribution in [0.3, 0.4) is 0 Å². The number of anilines is 2. The van der Waals surface area contributed by atoms with E-state index >= 15 is 0 Å². The van der Waals surface area contributed by atoms with Crippen LogP contribution < -0.4 is 10.2 Å². The molecule has 0 saturated carbocycles. The number of para-hydroxylation sites is 2. The summed E-state index contributed by atoms with van der Waals surface area (Å²) in [6.45, 7) is 3.73. The second-order valence-electron chi connectivity index (χ2n) is 4.68. The van der Waals surface area contributed by atoms with Crippen molar-refractivity contribution >= 4 is 29.2 Å². The highest BCUT2D eigenvalue weighted by molar-refractivity contribution is 6.14. The lowest BCUT2D eigenvalue weighted by Gasteiger charge is -2.35. The molecule has 2 amide bonds. The van der Waals surface area contributed by atoms with Crippen molar-refractivity contribution in [3.05, 3.63) is 24.3 Å².